The van der Waals surface area contributed by atoms with Crippen LogP contribution in [0.25, 0.3) is 0 Å². The molecule has 2 amide bonds. The van der Waals surface area contributed by atoms with E-state index in [9.17, 15) is 18.0 Å². The van der Waals surface area contributed by atoms with Crippen LogP contribution in [0.1, 0.15) is 12.5 Å². The first-order valence-corrected chi connectivity index (χ1v) is 13.8. The molecule has 1 unspecified atom stereocenters. The number of nitrogens with one attached hydrogen (secondary N) is 1. The number of likely N-dealkylation sites (N-methyl/N-ethyl adjacent to an activating group) is 1. The van der Waals surface area contributed by atoms with Crippen LogP contribution in [0.5, 0.6) is 11.5 Å². The van der Waals surface area contributed by atoms with Crippen LogP contribution in [0, 0.1) is 0 Å². The fourth-order valence-electron chi connectivity index (χ4n) is 4.06. The Morgan fingerprint density at radius 2 is 1.68 bits per heavy atom. The van der Waals surface area contributed by atoms with Crippen LogP contribution in [-0.2, 0) is 26.2 Å². The summed E-state index contributed by atoms with van der Waals surface area (Å²) in [7, 11) is -2.70. The van der Waals surface area contributed by atoms with Crippen molar-refractivity contribution in [1.82, 2.24) is 10.2 Å². The van der Waals surface area contributed by atoms with Gasteiger partial charge in [0.2, 0.25) is 11.8 Å². The van der Waals surface area contributed by atoms with Gasteiger partial charge in [0, 0.05) is 24.7 Å². The molecule has 11 heteroatoms. The van der Waals surface area contributed by atoms with E-state index in [0.29, 0.717) is 35.3 Å². The first-order chi connectivity index (χ1) is 18.2. The number of carbonyl (C=O) groups excluding carboxylic acids is 2. The van der Waals surface area contributed by atoms with Gasteiger partial charge in [0.25, 0.3) is 10.0 Å². The van der Waals surface area contributed by atoms with Crippen molar-refractivity contribution in [2.75, 3.05) is 31.1 Å². The van der Waals surface area contributed by atoms with E-state index in [1.54, 1.807) is 61.5 Å². The molecule has 4 rings (SSSR count). The lowest BCUT2D eigenvalue weighted by Crippen LogP contribution is -2.50. The Morgan fingerprint density at radius 3 is 2.37 bits per heavy atom. The predicted octanol–water partition coefficient (Wildman–Crippen LogP) is 3.47. The summed E-state index contributed by atoms with van der Waals surface area (Å²) in [4.78, 5) is 27.7. The molecule has 0 aromatic heterocycles. The van der Waals surface area contributed by atoms with Crippen molar-refractivity contribution in [3.05, 3.63) is 83.4 Å². The third-order valence-electron chi connectivity index (χ3n) is 6.08. The highest BCUT2D eigenvalue weighted by Crippen LogP contribution is 2.36. The minimum atomic E-state index is -4.17. The van der Waals surface area contributed by atoms with Crippen molar-refractivity contribution in [3.63, 3.8) is 0 Å². The molecular weight excluding hydrogens is 530 g/mol. The van der Waals surface area contributed by atoms with Gasteiger partial charge in [-0.1, -0.05) is 41.9 Å². The zero-order valence-corrected chi connectivity index (χ0v) is 22.5. The Kier molecular flexibility index (Phi) is 8.43. The van der Waals surface area contributed by atoms with Crippen molar-refractivity contribution in [2.24, 2.45) is 0 Å². The first-order valence-electron chi connectivity index (χ1n) is 11.9. The molecule has 1 N–H and O–H groups in total. The molecular formula is C27H28ClN3O6S. The molecule has 1 heterocycles. The number of fused-ring (bicyclic) bond motifs is 1. The zero-order valence-electron chi connectivity index (χ0n) is 21.0. The maximum atomic E-state index is 13.8. The summed E-state index contributed by atoms with van der Waals surface area (Å²) in [6.45, 7) is 1.78. The molecule has 0 saturated heterocycles. The molecule has 9 nitrogen and oxygen atoms in total. The maximum Gasteiger partial charge on any atom is 0.264 e. The molecule has 1 atom stereocenters. The van der Waals surface area contributed by atoms with Crippen molar-refractivity contribution >= 4 is 39.1 Å². The smallest absolute Gasteiger partial charge is 0.264 e. The standard InChI is InChI=1S/C27H28ClN3O6S/c1-19(27(33)29-2)30(17-20-7-6-8-21(28)15-20)26(32)18-31(38(34,35)23-9-4-3-5-10-23)22-11-12-24-25(16-22)37-14-13-36-24/h3-12,15-16,19H,13-14,17-18H2,1-2H3,(H,29,33). The van der Waals surface area contributed by atoms with E-state index < -0.39 is 34.4 Å². The van der Waals surface area contributed by atoms with Gasteiger partial charge < -0.3 is 19.7 Å². The summed E-state index contributed by atoms with van der Waals surface area (Å²) < 4.78 is 39.9. The predicted molar refractivity (Wildman–Crippen MR) is 144 cm³/mol. The minimum absolute atomic E-state index is 0.0171. The molecule has 1 aliphatic rings. The average Bonchev–Trinajstić information content (AvgIpc) is 2.93. The molecule has 0 spiro atoms. The molecule has 3 aromatic rings. The number of benzene rings is 3. The lowest BCUT2D eigenvalue weighted by atomic mass is 10.1. The minimum Gasteiger partial charge on any atom is -0.486 e. The Bertz CT molecular complexity index is 1420. The number of ether oxygens (including phenoxy) is 2. The first kappa shape index (κ1) is 27.3. The molecule has 0 saturated carbocycles. The number of halogens is 1. The van der Waals surface area contributed by atoms with Gasteiger partial charge in [0.1, 0.15) is 25.8 Å². The summed E-state index contributed by atoms with van der Waals surface area (Å²) in [6.07, 6.45) is 0. The quantitative estimate of drug-likeness (QED) is 0.432. The Balaban J connectivity index is 1.74. The molecule has 1 aliphatic heterocycles. The second-order valence-electron chi connectivity index (χ2n) is 8.59. The second-order valence-corrected chi connectivity index (χ2v) is 10.9. The van der Waals surface area contributed by atoms with Crippen molar-refractivity contribution in [2.45, 2.75) is 24.4 Å². The number of amides is 2. The third-order valence-corrected chi connectivity index (χ3v) is 8.10. The van der Waals surface area contributed by atoms with Gasteiger partial charge >= 0.3 is 0 Å². The van der Waals surface area contributed by atoms with Crippen LogP contribution in [0.3, 0.4) is 0 Å². The van der Waals surface area contributed by atoms with Crippen LogP contribution in [0.4, 0.5) is 5.69 Å². The number of sulfonamides is 1. The molecule has 0 radical (unpaired) electrons. The van der Waals surface area contributed by atoms with Gasteiger partial charge in [0.15, 0.2) is 11.5 Å². The Labute approximate surface area is 227 Å². The number of hydrogen-bond acceptors (Lipinski definition) is 6. The lowest BCUT2D eigenvalue weighted by Gasteiger charge is -2.32. The fourth-order valence-corrected chi connectivity index (χ4v) is 5.70. The Morgan fingerprint density at radius 1 is 0.974 bits per heavy atom. The normalized spacial score (nSPS) is 13.3. The van der Waals surface area contributed by atoms with Crippen LogP contribution < -0.4 is 19.1 Å². The molecule has 3 aromatic carbocycles. The highest BCUT2D eigenvalue weighted by molar-refractivity contribution is 7.92. The number of nitrogens with zero attached hydrogens (tertiary/aromatic N) is 2. The van der Waals surface area contributed by atoms with Gasteiger partial charge in [-0.25, -0.2) is 8.42 Å². The monoisotopic (exact) mass is 557 g/mol. The van der Waals surface area contributed by atoms with E-state index in [1.165, 1.54) is 30.1 Å². The summed E-state index contributed by atoms with van der Waals surface area (Å²) in [5, 5.41) is 3.03. The largest absolute Gasteiger partial charge is 0.486 e. The number of anilines is 1. The van der Waals surface area contributed by atoms with E-state index in [1.807, 2.05) is 0 Å². The summed E-state index contributed by atoms with van der Waals surface area (Å²) in [6, 6.07) is 18.6. The van der Waals surface area contributed by atoms with E-state index in [-0.39, 0.29) is 17.1 Å². The van der Waals surface area contributed by atoms with Gasteiger partial charge in [-0.05, 0) is 48.9 Å². The molecule has 200 valence electrons. The van der Waals surface area contributed by atoms with Gasteiger partial charge in [-0.2, -0.15) is 0 Å². The van der Waals surface area contributed by atoms with E-state index in [2.05, 4.69) is 5.32 Å². The molecule has 38 heavy (non-hydrogen) atoms. The number of rotatable bonds is 9. The van der Waals surface area contributed by atoms with Crippen LogP contribution in [-0.4, -0.2) is 58.0 Å². The van der Waals surface area contributed by atoms with Crippen LogP contribution in [0.2, 0.25) is 5.02 Å². The molecule has 0 aliphatic carbocycles. The van der Waals surface area contributed by atoms with E-state index >= 15 is 0 Å². The second kappa shape index (κ2) is 11.7. The SMILES string of the molecule is CNC(=O)C(C)N(Cc1cccc(Cl)c1)C(=O)CN(c1ccc2c(c1)OCCO2)S(=O)(=O)c1ccccc1. The fraction of sp³-hybridized carbons (Fsp3) is 0.259. The maximum absolute atomic E-state index is 13.8. The Hall–Kier alpha value is -3.76. The number of carbonyl (C=O) groups is 2. The van der Waals surface area contributed by atoms with Crippen molar-refractivity contribution in [3.8, 4) is 11.5 Å². The highest BCUT2D eigenvalue weighted by Gasteiger charge is 2.33. The summed E-state index contributed by atoms with van der Waals surface area (Å²) in [5.74, 6) is -0.101. The van der Waals surface area contributed by atoms with Crippen molar-refractivity contribution in [1.29, 1.82) is 0 Å². The zero-order chi connectivity index (χ0) is 27.3. The van der Waals surface area contributed by atoms with Crippen molar-refractivity contribution < 1.29 is 27.5 Å². The summed E-state index contributed by atoms with van der Waals surface area (Å²) in [5.41, 5.74) is 0.917. The van der Waals surface area contributed by atoms with Crippen LogP contribution in [0.15, 0.2) is 77.7 Å². The lowest BCUT2D eigenvalue weighted by molar-refractivity contribution is -0.139. The van der Waals surface area contributed by atoms with Crippen LogP contribution >= 0.6 is 11.6 Å². The number of hydrogen-bond donors (Lipinski definition) is 1. The topological polar surface area (TPSA) is 105 Å². The highest BCUT2D eigenvalue weighted by atomic mass is 35.5. The van der Waals surface area contributed by atoms with Gasteiger partial charge in [0.05, 0.1) is 10.6 Å². The molecule has 0 fully saturated rings. The summed E-state index contributed by atoms with van der Waals surface area (Å²) >= 11 is 6.13. The molecule has 0 bridgehead atoms. The average molecular weight is 558 g/mol. The van der Waals surface area contributed by atoms with Gasteiger partial charge in [-0.3, -0.25) is 13.9 Å². The van der Waals surface area contributed by atoms with E-state index in [0.717, 1.165) is 4.31 Å². The van der Waals surface area contributed by atoms with E-state index in [4.69, 9.17) is 21.1 Å². The third kappa shape index (κ3) is 6.03. The van der Waals surface area contributed by atoms with Gasteiger partial charge in [-0.15, -0.1) is 0 Å².